The molecule has 4 nitrogen and oxygen atoms in total. The highest BCUT2D eigenvalue weighted by molar-refractivity contribution is 5.59. The van der Waals surface area contributed by atoms with Crippen molar-refractivity contribution >= 4 is 6.16 Å². The van der Waals surface area contributed by atoms with Gasteiger partial charge in [0.25, 0.3) is 0 Å². The van der Waals surface area contributed by atoms with Crippen LogP contribution in [0, 0.1) is 5.92 Å². The summed E-state index contributed by atoms with van der Waals surface area (Å²) in [7, 11) is 1.32. The van der Waals surface area contributed by atoms with Gasteiger partial charge in [-0.05, 0) is 18.9 Å². The third kappa shape index (κ3) is 2.37. The Labute approximate surface area is 72.2 Å². The van der Waals surface area contributed by atoms with E-state index >= 15 is 0 Å². The van der Waals surface area contributed by atoms with E-state index in [0.29, 0.717) is 5.92 Å². The monoisotopic (exact) mass is 173 g/mol. The van der Waals surface area contributed by atoms with Gasteiger partial charge in [-0.2, -0.15) is 0 Å². The van der Waals surface area contributed by atoms with Crippen molar-refractivity contribution in [2.24, 2.45) is 5.92 Å². The van der Waals surface area contributed by atoms with Crippen molar-refractivity contribution in [3.8, 4) is 0 Å². The lowest BCUT2D eigenvalue weighted by molar-refractivity contribution is 0.00733. The highest BCUT2D eigenvalue weighted by Crippen LogP contribution is 2.14. The van der Waals surface area contributed by atoms with Crippen LogP contribution in [0.5, 0.6) is 0 Å². The van der Waals surface area contributed by atoms with E-state index in [4.69, 9.17) is 4.74 Å². The van der Waals surface area contributed by atoms with Crippen LogP contribution in [0.1, 0.15) is 13.3 Å². The summed E-state index contributed by atoms with van der Waals surface area (Å²) in [5, 5.41) is 3.16. The number of hydrogen-bond donors (Lipinski definition) is 1. The number of rotatable bonds is 1. The van der Waals surface area contributed by atoms with Gasteiger partial charge in [-0.15, -0.1) is 0 Å². The maximum atomic E-state index is 10.8. The molecular formula is C8H15NO3. The van der Waals surface area contributed by atoms with Crippen molar-refractivity contribution in [2.45, 2.75) is 19.4 Å². The summed E-state index contributed by atoms with van der Waals surface area (Å²) < 4.78 is 9.44. The maximum Gasteiger partial charge on any atom is 0.508 e. The molecule has 12 heavy (non-hydrogen) atoms. The molecule has 1 heterocycles. The second kappa shape index (κ2) is 4.30. The zero-order valence-electron chi connectivity index (χ0n) is 7.50. The summed E-state index contributed by atoms with van der Waals surface area (Å²) >= 11 is 0. The number of methoxy groups -OCH3 is 1. The smallest absolute Gasteiger partial charge is 0.438 e. The van der Waals surface area contributed by atoms with Crippen LogP contribution in [0.15, 0.2) is 0 Å². The topological polar surface area (TPSA) is 47.6 Å². The van der Waals surface area contributed by atoms with Gasteiger partial charge in [-0.25, -0.2) is 4.79 Å². The molecule has 1 rings (SSSR count). The fourth-order valence-electron chi connectivity index (χ4n) is 1.29. The standard InChI is InChI=1S/C8H15NO3/c1-6-3-4-9-5-7(6)12-8(10)11-2/h6-7,9H,3-5H2,1-2H3. The highest BCUT2D eigenvalue weighted by Gasteiger charge is 2.24. The molecule has 4 heteroatoms. The summed E-state index contributed by atoms with van der Waals surface area (Å²) in [5.74, 6) is 0.422. The Hall–Kier alpha value is -0.770. The average molecular weight is 173 g/mol. The zero-order chi connectivity index (χ0) is 8.97. The number of piperidine rings is 1. The first-order valence-corrected chi connectivity index (χ1v) is 4.19. The summed E-state index contributed by atoms with van der Waals surface area (Å²) in [4.78, 5) is 10.8. The molecule has 0 radical (unpaired) electrons. The minimum atomic E-state index is -0.587. The molecule has 2 atom stereocenters. The fourth-order valence-corrected chi connectivity index (χ4v) is 1.29. The molecule has 0 amide bonds. The molecule has 0 aromatic carbocycles. The Bertz CT molecular complexity index is 160. The van der Waals surface area contributed by atoms with Crippen LogP contribution >= 0.6 is 0 Å². The molecule has 0 spiro atoms. The Kier molecular flexibility index (Phi) is 3.34. The molecule has 1 aliphatic heterocycles. The highest BCUT2D eigenvalue weighted by atomic mass is 16.7. The molecule has 1 saturated heterocycles. The van der Waals surface area contributed by atoms with Gasteiger partial charge in [-0.1, -0.05) is 6.92 Å². The number of hydrogen-bond acceptors (Lipinski definition) is 4. The molecule has 1 N–H and O–H groups in total. The number of carbonyl (C=O) groups is 1. The lowest BCUT2D eigenvalue weighted by atomic mass is 9.97. The van der Waals surface area contributed by atoms with Crippen LogP contribution in [0.4, 0.5) is 4.79 Å². The largest absolute Gasteiger partial charge is 0.508 e. The normalized spacial score (nSPS) is 29.5. The molecule has 70 valence electrons. The van der Waals surface area contributed by atoms with E-state index < -0.39 is 6.16 Å². The number of carbonyl (C=O) groups excluding carboxylic acids is 1. The minimum Gasteiger partial charge on any atom is -0.438 e. The maximum absolute atomic E-state index is 10.8. The van der Waals surface area contributed by atoms with Crippen LogP contribution < -0.4 is 5.32 Å². The summed E-state index contributed by atoms with van der Waals surface area (Å²) in [6.07, 6.45) is 0.420. The van der Waals surface area contributed by atoms with Crippen molar-refractivity contribution in [2.75, 3.05) is 20.2 Å². The Morgan fingerprint density at radius 3 is 2.92 bits per heavy atom. The molecular weight excluding hydrogens is 158 g/mol. The molecule has 0 saturated carbocycles. The predicted octanol–water partition coefficient (Wildman–Crippen LogP) is 0.767. The van der Waals surface area contributed by atoms with Gasteiger partial charge in [-0.3, -0.25) is 0 Å². The first-order chi connectivity index (χ1) is 5.74. The van der Waals surface area contributed by atoms with Gasteiger partial charge in [0.05, 0.1) is 7.11 Å². The second-order valence-electron chi connectivity index (χ2n) is 3.08. The van der Waals surface area contributed by atoms with Crippen molar-refractivity contribution in [3.63, 3.8) is 0 Å². The van der Waals surface area contributed by atoms with Crippen molar-refractivity contribution < 1.29 is 14.3 Å². The van der Waals surface area contributed by atoms with Crippen LogP contribution in [-0.4, -0.2) is 32.5 Å². The van der Waals surface area contributed by atoms with Crippen LogP contribution in [-0.2, 0) is 9.47 Å². The third-order valence-corrected chi connectivity index (χ3v) is 2.17. The van der Waals surface area contributed by atoms with Gasteiger partial charge in [0, 0.05) is 6.54 Å². The fraction of sp³-hybridized carbons (Fsp3) is 0.875. The molecule has 1 aliphatic rings. The van der Waals surface area contributed by atoms with E-state index in [-0.39, 0.29) is 6.10 Å². The lowest BCUT2D eigenvalue weighted by Gasteiger charge is -2.28. The van der Waals surface area contributed by atoms with Crippen LogP contribution in [0.3, 0.4) is 0 Å². The van der Waals surface area contributed by atoms with Crippen molar-refractivity contribution in [1.82, 2.24) is 5.32 Å². The molecule has 0 aliphatic carbocycles. The first-order valence-electron chi connectivity index (χ1n) is 4.19. The Morgan fingerprint density at radius 1 is 1.58 bits per heavy atom. The first kappa shape index (κ1) is 9.32. The van der Waals surface area contributed by atoms with Gasteiger partial charge in [0.2, 0.25) is 0 Å². The van der Waals surface area contributed by atoms with E-state index in [0.717, 1.165) is 19.5 Å². The molecule has 2 unspecified atom stereocenters. The minimum absolute atomic E-state index is 0.0359. The van der Waals surface area contributed by atoms with Crippen LogP contribution in [0.2, 0.25) is 0 Å². The van der Waals surface area contributed by atoms with Crippen LogP contribution in [0.25, 0.3) is 0 Å². The predicted molar refractivity (Wildman–Crippen MR) is 43.9 cm³/mol. The van der Waals surface area contributed by atoms with Gasteiger partial charge < -0.3 is 14.8 Å². The Morgan fingerprint density at radius 2 is 2.33 bits per heavy atom. The van der Waals surface area contributed by atoms with E-state index in [2.05, 4.69) is 17.0 Å². The molecule has 1 fully saturated rings. The van der Waals surface area contributed by atoms with E-state index in [9.17, 15) is 4.79 Å². The summed E-state index contributed by atoms with van der Waals surface area (Å²) in [6.45, 7) is 3.81. The quantitative estimate of drug-likeness (QED) is 0.595. The SMILES string of the molecule is COC(=O)OC1CNCCC1C. The third-order valence-electron chi connectivity index (χ3n) is 2.17. The molecule has 0 aromatic rings. The average Bonchev–Trinajstić information content (AvgIpc) is 2.09. The van der Waals surface area contributed by atoms with Gasteiger partial charge in [0.15, 0.2) is 0 Å². The number of ether oxygens (including phenoxy) is 2. The summed E-state index contributed by atoms with van der Waals surface area (Å²) in [5.41, 5.74) is 0. The van der Waals surface area contributed by atoms with Gasteiger partial charge >= 0.3 is 6.16 Å². The Balaban J connectivity index is 2.33. The zero-order valence-corrected chi connectivity index (χ0v) is 7.50. The van der Waals surface area contributed by atoms with E-state index in [1.54, 1.807) is 0 Å². The van der Waals surface area contributed by atoms with E-state index in [1.807, 2.05) is 0 Å². The van der Waals surface area contributed by atoms with Gasteiger partial charge in [0.1, 0.15) is 6.10 Å². The van der Waals surface area contributed by atoms with Crippen molar-refractivity contribution in [3.05, 3.63) is 0 Å². The second-order valence-corrected chi connectivity index (χ2v) is 3.08. The van der Waals surface area contributed by atoms with E-state index in [1.165, 1.54) is 7.11 Å². The van der Waals surface area contributed by atoms with Crippen molar-refractivity contribution in [1.29, 1.82) is 0 Å². The molecule has 0 bridgehead atoms. The number of nitrogens with one attached hydrogen (secondary N) is 1. The molecule has 0 aromatic heterocycles. The lowest BCUT2D eigenvalue weighted by Crippen LogP contribution is -2.42. The summed E-state index contributed by atoms with van der Waals surface area (Å²) in [6, 6.07) is 0.